The van der Waals surface area contributed by atoms with Crippen LogP contribution in [0.2, 0.25) is 0 Å². The molecular formula is C9H13N3O5. The second-order valence-electron chi connectivity index (χ2n) is 3.77. The van der Waals surface area contributed by atoms with Crippen molar-refractivity contribution in [2.75, 3.05) is 12.3 Å². The van der Waals surface area contributed by atoms with Gasteiger partial charge in [-0.05, 0) is 6.07 Å². The minimum atomic E-state index is -1.31. The van der Waals surface area contributed by atoms with E-state index in [0.29, 0.717) is 0 Å². The molecule has 94 valence electrons. The zero-order valence-electron chi connectivity index (χ0n) is 8.80. The van der Waals surface area contributed by atoms with Crippen molar-refractivity contribution < 1.29 is 20.1 Å². The van der Waals surface area contributed by atoms with E-state index in [1.807, 2.05) is 0 Å². The first-order valence-corrected chi connectivity index (χ1v) is 5.01. The Balaban J connectivity index is 2.32. The highest BCUT2D eigenvalue weighted by atomic mass is 17.1. The summed E-state index contributed by atoms with van der Waals surface area (Å²) in [6.07, 6.45) is -3.27. The van der Waals surface area contributed by atoms with Gasteiger partial charge in [0.25, 0.3) is 0 Å². The largest absolute Gasteiger partial charge is 0.394 e. The van der Waals surface area contributed by atoms with E-state index >= 15 is 0 Å². The molecule has 1 aromatic heterocycles. The maximum atomic E-state index is 11.5. The van der Waals surface area contributed by atoms with Gasteiger partial charge in [0.05, 0.1) is 6.61 Å². The number of rotatable bonds is 2. The van der Waals surface area contributed by atoms with Gasteiger partial charge >= 0.3 is 5.69 Å². The van der Waals surface area contributed by atoms with E-state index < -0.39 is 36.8 Å². The van der Waals surface area contributed by atoms with E-state index in [9.17, 15) is 15.0 Å². The zero-order valence-corrected chi connectivity index (χ0v) is 8.80. The quantitative estimate of drug-likeness (QED) is 0.450. The molecule has 1 aliphatic heterocycles. The molecule has 8 heteroatoms. The molecule has 1 fully saturated rings. The van der Waals surface area contributed by atoms with Crippen LogP contribution in [0.4, 0.5) is 5.82 Å². The van der Waals surface area contributed by atoms with E-state index in [0.717, 1.165) is 4.57 Å². The van der Waals surface area contributed by atoms with Crippen LogP contribution in [0.5, 0.6) is 0 Å². The smallest absolute Gasteiger partial charge is 0.351 e. The van der Waals surface area contributed by atoms with Crippen LogP contribution in [0.15, 0.2) is 17.1 Å². The van der Waals surface area contributed by atoms with Crippen molar-refractivity contribution in [1.82, 2.24) is 9.55 Å². The fraction of sp³-hybridized carbons (Fsp3) is 0.556. The SMILES string of the molecule is Nc1ccn([C@@H]2O[C@H](CO)[C@@H](O)[C@H]2O)c(=[17O])n1. The van der Waals surface area contributed by atoms with E-state index in [-0.39, 0.29) is 5.82 Å². The zero-order chi connectivity index (χ0) is 12.6. The molecule has 1 saturated heterocycles. The second kappa shape index (κ2) is 4.41. The Morgan fingerprint density at radius 1 is 1.47 bits per heavy atom. The normalized spacial score (nSPS) is 32.9. The van der Waals surface area contributed by atoms with Gasteiger partial charge in [0.15, 0.2) is 6.23 Å². The molecule has 1 aliphatic rings. The van der Waals surface area contributed by atoms with E-state index in [1.54, 1.807) is 0 Å². The van der Waals surface area contributed by atoms with E-state index in [2.05, 4.69) is 4.98 Å². The Morgan fingerprint density at radius 3 is 2.71 bits per heavy atom. The minimum Gasteiger partial charge on any atom is -0.394 e. The van der Waals surface area contributed by atoms with Gasteiger partial charge in [0, 0.05) is 6.20 Å². The molecule has 2 rings (SSSR count). The highest BCUT2D eigenvalue weighted by molar-refractivity contribution is 5.23. The summed E-state index contributed by atoms with van der Waals surface area (Å²) in [4.78, 5) is 15.0. The van der Waals surface area contributed by atoms with Crippen LogP contribution < -0.4 is 11.4 Å². The first-order valence-electron chi connectivity index (χ1n) is 5.01. The molecule has 8 nitrogen and oxygen atoms in total. The number of nitrogens with two attached hydrogens (primary N) is 1. The van der Waals surface area contributed by atoms with Gasteiger partial charge in [-0.2, -0.15) is 4.98 Å². The van der Waals surface area contributed by atoms with Gasteiger partial charge in [-0.3, -0.25) is 4.57 Å². The summed E-state index contributed by atoms with van der Waals surface area (Å²) in [5.41, 5.74) is 4.63. The third-order valence-corrected chi connectivity index (χ3v) is 2.64. The predicted molar refractivity (Wildman–Crippen MR) is 55.9 cm³/mol. The fourth-order valence-corrected chi connectivity index (χ4v) is 1.73. The van der Waals surface area contributed by atoms with Crippen LogP contribution in [0.25, 0.3) is 0 Å². The first kappa shape index (κ1) is 12.0. The van der Waals surface area contributed by atoms with Gasteiger partial charge in [-0.25, -0.2) is 4.79 Å². The number of ether oxygens (including phenoxy) is 1. The Kier molecular flexibility index (Phi) is 3.11. The Morgan fingerprint density at radius 2 is 2.18 bits per heavy atom. The van der Waals surface area contributed by atoms with Gasteiger partial charge in [0.2, 0.25) is 0 Å². The lowest BCUT2D eigenvalue weighted by Gasteiger charge is -2.16. The predicted octanol–water partition coefficient (Wildman–Crippen LogP) is -2.56. The molecule has 0 amide bonds. The number of hydrogen-bond acceptors (Lipinski definition) is 7. The van der Waals surface area contributed by atoms with Crippen LogP contribution in [0.1, 0.15) is 6.23 Å². The lowest BCUT2D eigenvalue weighted by molar-refractivity contribution is -0.0549. The lowest BCUT2D eigenvalue weighted by Crippen LogP contribution is -2.36. The van der Waals surface area contributed by atoms with Crippen LogP contribution in [0, 0.1) is 0 Å². The van der Waals surface area contributed by atoms with E-state index in [1.165, 1.54) is 12.3 Å². The van der Waals surface area contributed by atoms with Crippen LogP contribution in [-0.2, 0) is 4.74 Å². The maximum absolute atomic E-state index is 11.5. The molecule has 1 aromatic rings. The van der Waals surface area contributed by atoms with Gasteiger partial charge in [-0.15, -0.1) is 0 Å². The highest BCUT2D eigenvalue weighted by Gasteiger charge is 2.43. The molecule has 0 saturated carbocycles. The summed E-state index contributed by atoms with van der Waals surface area (Å²) in [6.45, 7) is -0.453. The summed E-state index contributed by atoms with van der Waals surface area (Å²) >= 11 is 0. The van der Waals surface area contributed by atoms with Crippen molar-refractivity contribution in [3.63, 3.8) is 0 Å². The molecule has 2 heterocycles. The molecule has 0 aromatic carbocycles. The summed E-state index contributed by atoms with van der Waals surface area (Å²) in [5, 5.41) is 28.2. The molecule has 0 unspecified atom stereocenters. The fourth-order valence-electron chi connectivity index (χ4n) is 1.73. The van der Waals surface area contributed by atoms with Crippen molar-refractivity contribution in [3.05, 3.63) is 22.7 Å². The van der Waals surface area contributed by atoms with Gasteiger partial charge in [-0.1, -0.05) is 0 Å². The van der Waals surface area contributed by atoms with Crippen LogP contribution >= 0.6 is 0 Å². The Labute approximate surface area is 95.9 Å². The summed E-state index contributed by atoms with van der Waals surface area (Å²) in [5.74, 6) is 0.0537. The van der Waals surface area contributed by atoms with Crippen molar-refractivity contribution in [2.24, 2.45) is 0 Å². The monoisotopic (exact) mass is 244 g/mol. The van der Waals surface area contributed by atoms with Crippen molar-refractivity contribution in [2.45, 2.75) is 24.5 Å². The lowest BCUT2D eigenvalue weighted by atomic mass is 10.1. The average Bonchev–Trinajstić information content (AvgIpc) is 2.57. The third-order valence-electron chi connectivity index (χ3n) is 2.64. The molecule has 0 bridgehead atoms. The van der Waals surface area contributed by atoms with Gasteiger partial charge in [0.1, 0.15) is 24.1 Å². The minimum absolute atomic E-state index is 0.0537. The summed E-state index contributed by atoms with van der Waals surface area (Å²) in [7, 11) is 0. The number of aliphatic hydroxyl groups excluding tert-OH is 3. The molecular weight excluding hydrogens is 231 g/mol. The molecule has 0 spiro atoms. The number of nitrogens with zero attached hydrogens (tertiary/aromatic N) is 2. The molecule has 17 heavy (non-hydrogen) atoms. The third kappa shape index (κ3) is 2.03. The average molecular weight is 244 g/mol. The maximum Gasteiger partial charge on any atom is 0.351 e. The number of aromatic nitrogens is 2. The highest BCUT2D eigenvalue weighted by Crippen LogP contribution is 2.27. The molecule has 4 atom stereocenters. The van der Waals surface area contributed by atoms with Crippen molar-refractivity contribution in [1.29, 1.82) is 0 Å². The molecule has 0 radical (unpaired) electrons. The topological polar surface area (TPSA) is 131 Å². The van der Waals surface area contributed by atoms with Crippen LogP contribution in [-0.4, -0.2) is 49.8 Å². The number of hydrogen-bond donors (Lipinski definition) is 4. The number of aliphatic hydroxyl groups is 3. The first-order chi connectivity index (χ1) is 8.04. The standard InChI is InChI=1S/C9H13N3O5/c10-5-1-2-12(9(16)11-5)8-7(15)6(14)4(3-13)17-8/h1-2,4,6-8,13-15H,3H2,(H2,10,11,16)/t4-,6-,7-,8-/m1/s1/i16+1. The summed E-state index contributed by atoms with van der Waals surface area (Å²) < 4.78 is 6.19. The van der Waals surface area contributed by atoms with Crippen molar-refractivity contribution >= 4 is 5.82 Å². The Bertz CT molecular complexity index is 462. The molecule has 0 aliphatic carbocycles. The second-order valence-corrected chi connectivity index (χ2v) is 3.77. The van der Waals surface area contributed by atoms with Crippen LogP contribution in [0.3, 0.4) is 0 Å². The van der Waals surface area contributed by atoms with E-state index in [4.69, 9.17) is 15.6 Å². The number of nitrogen functional groups attached to an aromatic ring is 1. The molecule has 5 N–H and O–H groups in total. The Hall–Kier alpha value is -1.48. The number of anilines is 1. The van der Waals surface area contributed by atoms with Crippen molar-refractivity contribution in [3.8, 4) is 0 Å². The van der Waals surface area contributed by atoms with Gasteiger partial charge < -0.3 is 25.8 Å². The summed E-state index contributed by atoms with van der Waals surface area (Å²) in [6, 6.07) is 1.37.